The van der Waals surface area contributed by atoms with Crippen LogP contribution in [0.5, 0.6) is 0 Å². The lowest BCUT2D eigenvalue weighted by atomic mass is 9.98. The van der Waals surface area contributed by atoms with Gasteiger partial charge in [0.25, 0.3) is 0 Å². The maximum atomic E-state index is 13.1. The number of alkyl halides is 3. The van der Waals surface area contributed by atoms with Gasteiger partial charge in [0.2, 0.25) is 0 Å². The minimum Gasteiger partial charge on any atom is -0.478 e. The van der Waals surface area contributed by atoms with E-state index in [0.717, 1.165) is 28.3 Å². The van der Waals surface area contributed by atoms with Crippen molar-refractivity contribution in [1.82, 2.24) is 5.32 Å². The number of hydrogen-bond donors (Lipinski definition) is 2. The Hall–Kier alpha value is -4.25. The van der Waals surface area contributed by atoms with Crippen LogP contribution in [0.2, 0.25) is 0 Å². The highest BCUT2D eigenvalue weighted by Crippen LogP contribution is 2.44. The van der Waals surface area contributed by atoms with Crippen LogP contribution in [0.1, 0.15) is 38.5 Å². The molecule has 3 aromatic carbocycles. The second-order valence-corrected chi connectivity index (χ2v) is 7.54. The van der Waals surface area contributed by atoms with Gasteiger partial charge < -0.3 is 15.2 Å². The smallest absolute Gasteiger partial charge is 0.417 e. The Morgan fingerprint density at radius 2 is 1.59 bits per heavy atom. The second-order valence-electron chi connectivity index (χ2n) is 7.54. The largest absolute Gasteiger partial charge is 0.478 e. The minimum atomic E-state index is -4.83. The summed E-state index contributed by atoms with van der Waals surface area (Å²) in [6, 6.07) is 18.5. The first-order valence-electron chi connectivity index (χ1n) is 10.3. The number of hydrogen-bond acceptors (Lipinski definition) is 3. The molecule has 0 fully saturated rings. The van der Waals surface area contributed by atoms with Gasteiger partial charge in [-0.2, -0.15) is 13.2 Å². The highest BCUT2D eigenvalue weighted by Gasteiger charge is 2.35. The van der Waals surface area contributed by atoms with E-state index in [1.165, 1.54) is 6.07 Å². The first-order chi connectivity index (χ1) is 16.3. The molecule has 0 unspecified atom stereocenters. The molecule has 8 heteroatoms. The number of ether oxygens (including phenoxy) is 1. The van der Waals surface area contributed by atoms with Crippen molar-refractivity contribution in [2.75, 3.05) is 13.2 Å². The van der Waals surface area contributed by atoms with Gasteiger partial charge in [-0.05, 0) is 40.5 Å². The number of fused-ring (bicyclic) bond motifs is 3. The van der Waals surface area contributed by atoms with E-state index >= 15 is 0 Å². The predicted molar refractivity (Wildman–Crippen MR) is 118 cm³/mol. The Balaban J connectivity index is 1.37. The number of nitrogens with one attached hydrogen (secondary N) is 1. The molecule has 5 nitrogen and oxygen atoms in total. The molecule has 1 aliphatic rings. The van der Waals surface area contributed by atoms with Gasteiger partial charge in [0.15, 0.2) is 0 Å². The van der Waals surface area contributed by atoms with Crippen molar-refractivity contribution in [1.29, 1.82) is 0 Å². The molecular weight excluding hydrogens is 447 g/mol. The molecule has 0 bridgehead atoms. The van der Waals surface area contributed by atoms with Crippen LogP contribution >= 0.6 is 0 Å². The quantitative estimate of drug-likeness (QED) is 0.513. The second kappa shape index (κ2) is 9.32. The predicted octanol–water partition coefficient (Wildman–Crippen LogP) is 5.29. The highest BCUT2D eigenvalue weighted by molar-refractivity contribution is 5.90. The summed E-state index contributed by atoms with van der Waals surface area (Å²) in [7, 11) is 0. The van der Waals surface area contributed by atoms with Gasteiger partial charge in [-0.15, -0.1) is 0 Å². The fourth-order valence-corrected chi connectivity index (χ4v) is 3.96. The van der Waals surface area contributed by atoms with Gasteiger partial charge in [-0.1, -0.05) is 60.4 Å². The maximum absolute atomic E-state index is 13.1. The van der Waals surface area contributed by atoms with Gasteiger partial charge in [-0.3, -0.25) is 0 Å². The van der Waals surface area contributed by atoms with E-state index in [4.69, 9.17) is 9.84 Å². The number of alkyl carbamates (subject to hydrolysis) is 1. The summed E-state index contributed by atoms with van der Waals surface area (Å²) in [5, 5.41) is 11.4. The summed E-state index contributed by atoms with van der Waals surface area (Å²) in [6.07, 6.45) is -5.53. The summed E-state index contributed by atoms with van der Waals surface area (Å²) in [5.41, 5.74) is 2.19. The number of carboxylic acids is 1. The fourth-order valence-electron chi connectivity index (χ4n) is 3.96. The lowest BCUT2D eigenvalue weighted by Crippen LogP contribution is -2.26. The average molecular weight is 465 g/mol. The number of carbonyl (C=O) groups excluding carboxylic acids is 1. The van der Waals surface area contributed by atoms with E-state index in [-0.39, 0.29) is 24.6 Å². The zero-order chi connectivity index (χ0) is 24.3. The molecule has 34 heavy (non-hydrogen) atoms. The van der Waals surface area contributed by atoms with Gasteiger partial charge in [-0.25, -0.2) is 9.59 Å². The summed E-state index contributed by atoms with van der Waals surface area (Å²) in [6.45, 7) is -0.0302. The number of carboxylic acid groups (broad SMARTS) is 1. The molecule has 2 N–H and O–H groups in total. The van der Waals surface area contributed by atoms with Crippen LogP contribution in [0, 0.1) is 11.8 Å². The summed E-state index contributed by atoms with van der Waals surface area (Å²) < 4.78 is 44.7. The Kier molecular flexibility index (Phi) is 6.28. The molecule has 0 atom stereocenters. The van der Waals surface area contributed by atoms with Crippen LogP contribution in [0.3, 0.4) is 0 Å². The fraction of sp³-hybridized carbons (Fsp3) is 0.154. The van der Waals surface area contributed by atoms with Gasteiger partial charge in [0, 0.05) is 11.5 Å². The maximum Gasteiger partial charge on any atom is 0.417 e. The molecule has 0 saturated carbocycles. The number of halogens is 3. The molecule has 0 radical (unpaired) electrons. The average Bonchev–Trinajstić information content (AvgIpc) is 3.13. The zero-order valence-corrected chi connectivity index (χ0v) is 17.6. The SMILES string of the molecule is O=C(NCC#Cc1ccc(C(=O)O)c(C(F)(F)F)c1)OCC1c2ccccc2-c2ccccc21. The van der Waals surface area contributed by atoms with Crippen LogP contribution < -0.4 is 5.32 Å². The third kappa shape index (κ3) is 4.74. The molecule has 0 heterocycles. The van der Waals surface area contributed by atoms with Crippen LogP contribution in [0.25, 0.3) is 11.1 Å². The Morgan fingerprint density at radius 1 is 0.971 bits per heavy atom. The van der Waals surface area contributed by atoms with Crippen molar-refractivity contribution in [2.24, 2.45) is 0 Å². The lowest BCUT2D eigenvalue weighted by molar-refractivity contribution is -0.138. The molecule has 0 spiro atoms. The number of benzene rings is 3. The lowest BCUT2D eigenvalue weighted by Gasteiger charge is -2.14. The van der Waals surface area contributed by atoms with Crippen molar-refractivity contribution in [3.63, 3.8) is 0 Å². The third-order valence-corrected chi connectivity index (χ3v) is 5.45. The van der Waals surface area contributed by atoms with E-state index in [2.05, 4.69) is 17.2 Å². The molecule has 172 valence electrons. The molecule has 0 aliphatic heterocycles. The summed E-state index contributed by atoms with van der Waals surface area (Å²) >= 11 is 0. The highest BCUT2D eigenvalue weighted by atomic mass is 19.4. The number of aromatic carboxylic acids is 1. The standard InChI is InChI=1S/C26H18F3NO4/c27-26(28,29)23-14-16(11-12-21(23)24(31)32)6-5-13-30-25(33)34-15-22-19-9-3-1-7-17(19)18-8-2-4-10-20(18)22/h1-4,7-12,14,22H,13,15H2,(H,30,33)(H,31,32). The van der Waals surface area contributed by atoms with Gasteiger partial charge in [0.05, 0.1) is 17.7 Å². The first-order valence-corrected chi connectivity index (χ1v) is 10.3. The van der Waals surface area contributed by atoms with Crippen LogP contribution in [0.4, 0.5) is 18.0 Å². The van der Waals surface area contributed by atoms with Crippen LogP contribution in [-0.2, 0) is 10.9 Å². The van der Waals surface area contributed by atoms with Gasteiger partial charge in [0.1, 0.15) is 6.61 Å². The number of rotatable bonds is 4. The molecular formula is C26H18F3NO4. The Bertz CT molecular complexity index is 1280. The molecule has 1 amide bonds. The van der Waals surface area contributed by atoms with Gasteiger partial charge >= 0.3 is 18.2 Å². The minimum absolute atomic E-state index is 0.0216. The van der Waals surface area contributed by atoms with Crippen molar-refractivity contribution < 1.29 is 32.6 Å². The summed E-state index contributed by atoms with van der Waals surface area (Å²) in [4.78, 5) is 23.1. The molecule has 0 aromatic heterocycles. The van der Waals surface area contributed by atoms with E-state index in [1.807, 2.05) is 48.5 Å². The summed E-state index contributed by atoms with van der Waals surface area (Å²) in [5.74, 6) is 3.25. The topological polar surface area (TPSA) is 75.6 Å². The first kappa shape index (κ1) is 22.9. The van der Waals surface area contributed by atoms with Crippen molar-refractivity contribution >= 4 is 12.1 Å². The van der Waals surface area contributed by atoms with Crippen molar-refractivity contribution in [3.05, 3.63) is 94.5 Å². The molecule has 4 rings (SSSR count). The third-order valence-electron chi connectivity index (χ3n) is 5.45. The Morgan fingerprint density at radius 3 is 2.18 bits per heavy atom. The zero-order valence-electron chi connectivity index (χ0n) is 17.6. The number of carbonyl (C=O) groups is 2. The van der Waals surface area contributed by atoms with E-state index in [9.17, 15) is 22.8 Å². The normalized spacial score (nSPS) is 12.2. The molecule has 0 saturated heterocycles. The van der Waals surface area contributed by atoms with Crippen LogP contribution in [-0.4, -0.2) is 30.3 Å². The number of amides is 1. The monoisotopic (exact) mass is 465 g/mol. The van der Waals surface area contributed by atoms with E-state index < -0.39 is 29.4 Å². The Labute approximate surface area is 193 Å². The molecule has 1 aliphatic carbocycles. The molecule has 3 aromatic rings. The van der Waals surface area contributed by atoms with E-state index in [1.54, 1.807) is 0 Å². The van der Waals surface area contributed by atoms with Crippen molar-refractivity contribution in [2.45, 2.75) is 12.1 Å². The van der Waals surface area contributed by atoms with Crippen molar-refractivity contribution in [3.8, 4) is 23.0 Å². The van der Waals surface area contributed by atoms with E-state index in [0.29, 0.717) is 6.07 Å². The van der Waals surface area contributed by atoms with Crippen LogP contribution in [0.15, 0.2) is 66.7 Å².